The van der Waals surface area contributed by atoms with Crippen LogP contribution in [-0.4, -0.2) is 15.7 Å². The fourth-order valence-electron chi connectivity index (χ4n) is 1.45. The molecule has 4 nitrogen and oxygen atoms in total. The van der Waals surface area contributed by atoms with Crippen LogP contribution in [0.3, 0.4) is 0 Å². The highest BCUT2D eigenvalue weighted by atomic mass is 127. The molecule has 1 aromatic heterocycles. The minimum absolute atomic E-state index is 0.0754. The van der Waals surface area contributed by atoms with E-state index in [1.165, 1.54) is 0 Å². The monoisotopic (exact) mass is 375 g/mol. The van der Waals surface area contributed by atoms with Crippen molar-refractivity contribution >= 4 is 45.8 Å². The Morgan fingerprint density at radius 1 is 1.50 bits per heavy atom. The van der Waals surface area contributed by atoms with Crippen LogP contribution in [0, 0.1) is 3.57 Å². The molecule has 1 heterocycles. The number of nitrogens with zero attached hydrogens (tertiary/aromatic N) is 2. The summed E-state index contributed by atoms with van der Waals surface area (Å²) in [6.45, 7) is 0.556. The van der Waals surface area contributed by atoms with Gasteiger partial charge in [-0.1, -0.05) is 11.6 Å². The molecule has 0 atom stereocenters. The first kappa shape index (κ1) is 13.4. The number of amides is 1. The van der Waals surface area contributed by atoms with Crippen LogP contribution in [0.15, 0.2) is 36.7 Å². The van der Waals surface area contributed by atoms with Crippen LogP contribution in [0.2, 0.25) is 5.02 Å². The molecular weight excluding hydrogens is 365 g/mol. The molecule has 94 valence electrons. The number of rotatable bonds is 4. The molecule has 0 aliphatic carbocycles. The summed E-state index contributed by atoms with van der Waals surface area (Å²) in [5.41, 5.74) is 0.641. The number of benzene rings is 1. The SMILES string of the molecule is O=C(CCn1cccn1)Nc1ccc(I)cc1Cl. The second-order valence-corrected chi connectivity index (χ2v) is 5.34. The molecule has 0 bridgehead atoms. The Morgan fingerprint density at radius 3 is 3.00 bits per heavy atom. The number of aromatic nitrogens is 2. The van der Waals surface area contributed by atoms with Crippen LogP contribution in [0.1, 0.15) is 6.42 Å². The predicted molar refractivity (Wildman–Crippen MR) is 79.6 cm³/mol. The summed E-state index contributed by atoms with van der Waals surface area (Å²) < 4.78 is 2.75. The first-order chi connectivity index (χ1) is 8.65. The minimum Gasteiger partial charge on any atom is -0.325 e. The normalized spacial score (nSPS) is 10.3. The third-order valence-corrected chi connectivity index (χ3v) is 3.32. The van der Waals surface area contributed by atoms with Gasteiger partial charge < -0.3 is 5.32 Å². The van der Waals surface area contributed by atoms with Crippen molar-refractivity contribution in [2.24, 2.45) is 0 Å². The van der Waals surface area contributed by atoms with E-state index in [1.54, 1.807) is 16.9 Å². The van der Waals surface area contributed by atoms with E-state index in [1.807, 2.05) is 24.4 Å². The highest BCUT2D eigenvalue weighted by molar-refractivity contribution is 14.1. The Bertz CT molecular complexity index is 542. The van der Waals surface area contributed by atoms with Gasteiger partial charge >= 0.3 is 0 Å². The van der Waals surface area contributed by atoms with Crippen LogP contribution >= 0.6 is 34.2 Å². The van der Waals surface area contributed by atoms with E-state index in [-0.39, 0.29) is 5.91 Å². The zero-order chi connectivity index (χ0) is 13.0. The quantitative estimate of drug-likeness (QED) is 0.835. The second kappa shape index (κ2) is 6.19. The molecule has 2 rings (SSSR count). The molecule has 1 amide bonds. The number of nitrogens with one attached hydrogen (secondary N) is 1. The summed E-state index contributed by atoms with van der Waals surface area (Å²) in [6, 6.07) is 7.34. The van der Waals surface area contributed by atoms with Crippen molar-refractivity contribution in [3.63, 3.8) is 0 Å². The zero-order valence-electron chi connectivity index (χ0n) is 9.44. The second-order valence-electron chi connectivity index (χ2n) is 3.69. The number of hydrogen-bond donors (Lipinski definition) is 1. The molecule has 0 radical (unpaired) electrons. The van der Waals surface area contributed by atoms with Crippen LogP contribution in [-0.2, 0) is 11.3 Å². The van der Waals surface area contributed by atoms with E-state index in [4.69, 9.17) is 11.6 Å². The smallest absolute Gasteiger partial charge is 0.226 e. The maximum Gasteiger partial charge on any atom is 0.226 e. The van der Waals surface area contributed by atoms with Gasteiger partial charge in [0.05, 0.1) is 10.7 Å². The van der Waals surface area contributed by atoms with Gasteiger partial charge in [-0.25, -0.2) is 0 Å². The Balaban J connectivity index is 1.91. The van der Waals surface area contributed by atoms with Crippen molar-refractivity contribution in [3.05, 3.63) is 45.3 Å². The Hall–Kier alpha value is -1.08. The van der Waals surface area contributed by atoms with Crippen molar-refractivity contribution in [1.29, 1.82) is 0 Å². The third kappa shape index (κ3) is 3.71. The molecule has 0 aliphatic heterocycles. The fraction of sp³-hybridized carbons (Fsp3) is 0.167. The maximum absolute atomic E-state index is 11.7. The van der Waals surface area contributed by atoms with Gasteiger partial charge in [-0.3, -0.25) is 9.48 Å². The van der Waals surface area contributed by atoms with Gasteiger partial charge in [-0.15, -0.1) is 0 Å². The molecule has 0 unspecified atom stereocenters. The molecule has 2 aromatic rings. The minimum atomic E-state index is -0.0754. The van der Waals surface area contributed by atoms with E-state index in [2.05, 4.69) is 33.0 Å². The van der Waals surface area contributed by atoms with E-state index in [0.717, 1.165) is 3.57 Å². The maximum atomic E-state index is 11.7. The lowest BCUT2D eigenvalue weighted by atomic mass is 10.3. The van der Waals surface area contributed by atoms with Crippen LogP contribution in [0.4, 0.5) is 5.69 Å². The van der Waals surface area contributed by atoms with Gasteiger partial charge in [-0.05, 0) is 46.9 Å². The molecule has 6 heteroatoms. The number of hydrogen-bond acceptors (Lipinski definition) is 2. The number of aryl methyl sites for hydroxylation is 1. The number of halogens is 2. The lowest BCUT2D eigenvalue weighted by Crippen LogP contribution is -2.15. The van der Waals surface area contributed by atoms with E-state index < -0.39 is 0 Å². The Labute approximate surface area is 123 Å². The Morgan fingerprint density at radius 2 is 2.33 bits per heavy atom. The van der Waals surface area contributed by atoms with Gasteiger partial charge in [0, 0.05) is 28.9 Å². The molecule has 1 aromatic carbocycles. The third-order valence-electron chi connectivity index (χ3n) is 2.33. The van der Waals surface area contributed by atoms with E-state index in [9.17, 15) is 4.79 Å². The summed E-state index contributed by atoms with van der Waals surface area (Å²) in [6.07, 6.45) is 3.88. The van der Waals surface area contributed by atoms with Crippen LogP contribution in [0.25, 0.3) is 0 Å². The van der Waals surface area contributed by atoms with E-state index in [0.29, 0.717) is 23.7 Å². The number of carbonyl (C=O) groups excluding carboxylic acids is 1. The molecule has 0 aliphatic rings. The van der Waals surface area contributed by atoms with E-state index >= 15 is 0 Å². The van der Waals surface area contributed by atoms with Crippen LogP contribution in [0.5, 0.6) is 0 Å². The standard InChI is InChI=1S/C12H11ClIN3O/c13-10-8-9(14)2-3-11(10)16-12(18)4-7-17-6-1-5-15-17/h1-3,5-6,8H,4,7H2,(H,16,18). The van der Waals surface area contributed by atoms with Crippen molar-refractivity contribution in [2.75, 3.05) is 5.32 Å². The molecule has 18 heavy (non-hydrogen) atoms. The molecule has 0 fully saturated rings. The largest absolute Gasteiger partial charge is 0.325 e. The average molecular weight is 376 g/mol. The van der Waals surface area contributed by atoms with Gasteiger partial charge in [0.1, 0.15) is 0 Å². The number of anilines is 1. The molecule has 0 saturated carbocycles. The van der Waals surface area contributed by atoms with Gasteiger partial charge in [0.25, 0.3) is 0 Å². The Kier molecular flexibility index (Phi) is 4.60. The first-order valence-corrected chi connectivity index (χ1v) is 6.83. The highest BCUT2D eigenvalue weighted by Gasteiger charge is 2.06. The lowest BCUT2D eigenvalue weighted by Gasteiger charge is -2.07. The topological polar surface area (TPSA) is 46.9 Å². The molecule has 0 spiro atoms. The first-order valence-electron chi connectivity index (χ1n) is 5.37. The van der Waals surface area contributed by atoms with Crippen molar-refractivity contribution in [1.82, 2.24) is 9.78 Å². The van der Waals surface area contributed by atoms with Gasteiger partial charge in [-0.2, -0.15) is 5.10 Å². The molecule has 1 N–H and O–H groups in total. The molecular formula is C12H11ClIN3O. The summed E-state index contributed by atoms with van der Waals surface area (Å²) in [5.74, 6) is -0.0754. The highest BCUT2D eigenvalue weighted by Crippen LogP contribution is 2.23. The predicted octanol–water partition coefficient (Wildman–Crippen LogP) is 3.17. The van der Waals surface area contributed by atoms with Gasteiger partial charge in [0.2, 0.25) is 5.91 Å². The summed E-state index contributed by atoms with van der Waals surface area (Å²) in [4.78, 5) is 11.7. The molecule has 0 saturated heterocycles. The number of carbonyl (C=O) groups is 1. The summed E-state index contributed by atoms with van der Waals surface area (Å²) >= 11 is 8.21. The van der Waals surface area contributed by atoms with Crippen molar-refractivity contribution in [3.8, 4) is 0 Å². The average Bonchev–Trinajstić information content (AvgIpc) is 2.83. The lowest BCUT2D eigenvalue weighted by molar-refractivity contribution is -0.116. The summed E-state index contributed by atoms with van der Waals surface area (Å²) in [7, 11) is 0. The summed E-state index contributed by atoms with van der Waals surface area (Å²) in [5, 5.41) is 7.37. The fourth-order valence-corrected chi connectivity index (χ4v) is 2.36. The van der Waals surface area contributed by atoms with Crippen molar-refractivity contribution in [2.45, 2.75) is 13.0 Å². The van der Waals surface area contributed by atoms with Crippen LogP contribution < -0.4 is 5.32 Å². The zero-order valence-corrected chi connectivity index (χ0v) is 12.4. The van der Waals surface area contributed by atoms with Gasteiger partial charge in [0.15, 0.2) is 0 Å². The van der Waals surface area contributed by atoms with Crippen molar-refractivity contribution < 1.29 is 4.79 Å².